The Bertz CT molecular complexity index is 966. The van der Waals surface area contributed by atoms with E-state index in [2.05, 4.69) is 0 Å². The van der Waals surface area contributed by atoms with Crippen LogP contribution in [0.5, 0.6) is 5.75 Å². The summed E-state index contributed by atoms with van der Waals surface area (Å²) in [4.78, 5) is 0. The number of alkyl halides is 3. The van der Waals surface area contributed by atoms with E-state index in [-0.39, 0.29) is 13.0 Å². The normalized spacial score (nSPS) is 24.6. The van der Waals surface area contributed by atoms with Crippen LogP contribution in [0.3, 0.4) is 0 Å². The SMILES string of the molecule is NN1CC(C(F)(F)F)CC(Cc2ccccc2)C1(Oc1ccccc1)c1ccccc1. The molecule has 2 N–H and O–H groups in total. The van der Waals surface area contributed by atoms with Gasteiger partial charge in [-0.05, 0) is 30.5 Å². The number of para-hydroxylation sites is 1. The van der Waals surface area contributed by atoms with Crippen molar-refractivity contribution in [2.75, 3.05) is 6.54 Å². The van der Waals surface area contributed by atoms with E-state index in [4.69, 9.17) is 10.6 Å². The van der Waals surface area contributed by atoms with Crippen molar-refractivity contribution in [3.8, 4) is 5.75 Å². The van der Waals surface area contributed by atoms with Crippen LogP contribution in [0.15, 0.2) is 91.0 Å². The van der Waals surface area contributed by atoms with Gasteiger partial charge in [0.05, 0.1) is 5.92 Å². The minimum Gasteiger partial charge on any atom is -0.467 e. The summed E-state index contributed by atoms with van der Waals surface area (Å²) in [6.45, 7) is -0.337. The average Bonchev–Trinajstić information content (AvgIpc) is 2.77. The molecule has 0 aromatic heterocycles. The summed E-state index contributed by atoms with van der Waals surface area (Å²) in [5.41, 5.74) is 0.448. The van der Waals surface area contributed by atoms with Crippen LogP contribution in [0.4, 0.5) is 13.2 Å². The molecule has 0 amide bonds. The van der Waals surface area contributed by atoms with Crippen LogP contribution in [0, 0.1) is 11.8 Å². The molecule has 3 unspecified atom stereocenters. The number of benzene rings is 3. The Labute approximate surface area is 180 Å². The van der Waals surface area contributed by atoms with Gasteiger partial charge in [0.2, 0.25) is 5.72 Å². The van der Waals surface area contributed by atoms with Crippen LogP contribution in [0.2, 0.25) is 0 Å². The van der Waals surface area contributed by atoms with Crippen LogP contribution < -0.4 is 10.6 Å². The summed E-state index contributed by atoms with van der Waals surface area (Å²) in [7, 11) is 0. The lowest BCUT2D eigenvalue weighted by Gasteiger charge is -2.52. The fourth-order valence-corrected chi connectivity index (χ4v) is 4.49. The van der Waals surface area contributed by atoms with Crippen LogP contribution in [0.25, 0.3) is 0 Å². The van der Waals surface area contributed by atoms with Crippen LogP contribution in [-0.2, 0) is 12.1 Å². The first-order chi connectivity index (χ1) is 14.9. The fourth-order valence-electron chi connectivity index (χ4n) is 4.49. The second-order valence-corrected chi connectivity index (χ2v) is 7.99. The molecular weight excluding hydrogens is 401 g/mol. The molecule has 162 valence electrons. The predicted octanol–water partition coefficient (Wildman–Crippen LogP) is 5.54. The largest absolute Gasteiger partial charge is 0.467 e. The highest BCUT2D eigenvalue weighted by atomic mass is 19.4. The number of rotatable bonds is 5. The maximum atomic E-state index is 13.8. The van der Waals surface area contributed by atoms with E-state index >= 15 is 0 Å². The first kappa shape index (κ1) is 21.4. The van der Waals surface area contributed by atoms with Gasteiger partial charge in [-0.2, -0.15) is 13.2 Å². The van der Waals surface area contributed by atoms with Crippen molar-refractivity contribution >= 4 is 0 Å². The predicted molar refractivity (Wildman–Crippen MR) is 114 cm³/mol. The highest BCUT2D eigenvalue weighted by Crippen LogP contribution is 2.48. The Kier molecular flexibility index (Phi) is 6.03. The van der Waals surface area contributed by atoms with Crippen molar-refractivity contribution in [1.82, 2.24) is 5.01 Å². The van der Waals surface area contributed by atoms with Crippen molar-refractivity contribution in [3.05, 3.63) is 102 Å². The molecule has 4 rings (SSSR count). The van der Waals surface area contributed by atoms with Crippen molar-refractivity contribution < 1.29 is 17.9 Å². The zero-order chi connectivity index (χ0) is 21.9. The van der Waals surface area contributed by atoms with E-state index in [0.29, 0.717) is 12.2 Å². The lowest BCUT2D eigenvalue weighted by atomic mass is 9.74. The minimum atomic E-state index is -4.33. The number of nitrogens with two attached hydrogens (primary N) is 1. The molecule has 1 saturated heterocycles. The molecule has 0 aliphatic carbocycles. The highest BCUT2D eigenvalue weighted by molar-refractivity contribution is 5.30. The standard InChI is InChI=1S/C25H25F3N2O/c26-25(27,28)22-17-21(16-19-10-4-1-5-11-19)24(30(29)18-22,20-12-6-2-7-13-20)31-23-14-8-3-9-15-23/h1-15,21-22H,16-18,29H2. The molecule has 1 heterocycles. The maximum absolute atomic E-state index is 13.8. The Morgan fingerprint density at radius 2 is 1.42 bits per heavy atom. The van der Waals surface area contributed by atoms with Gasteiger partial charge in [0.15, 0.2) is 0 Å². The van der Waals surface area contributed by atoms with Gasteiger partial charge in [0.25, 0.3) is 0 Å². The third-order valence-corrected chi connectivity index (χ3v) is 5.96. The molecule has 1 fully saturated rings. The third-order valence-electron chi connectivity index (χ3n) is 5.96. The van der Waals surface area contributed by atoms with Crippen molar-refractivity contribution in [3.63, 3.8) is 0 Å². The Balaban J connectivity index is 1.83. The summed E-state index contributed by atoms with van der Waals surface area (Å²) < 4.78 is 47.9. The molecule has 6 heteroatoms. The lowest BCUT2D eigenvalue weighted by Crippen LogP contribution is -2.65. The van der Waals surface area contributed by atoms with Gasteiger partial charge in [-0.15, -0.1) is 0 Å². The number of hydrogen-bond acceptors (Lipinski definition) is 3. The zero-order valence-electron chi connectivity index (χ0n) is 17.0. The third kappa shape index (κ3) is 4.45. The maximum Gasteiger partial charge on any atom is 0.393 e. The van der Waals surface area contributed by atoms with E-state index in [0.717, 1.165) is 11.1 Å². The molecule has 1 aliphatic rings. The number of hydrogen-bond donors (Lipinski definition) is 1. The number of ether oxygens (including phenoxy) is 1. The van der Waals surface area contributed by atoms with Gasteiger partial charge in [-0.1, -0.05) is 78.9 Å². The molecule has 0 radical (unpaired) electrons. The Morgan fingerprint density at radius 1 is 0.871 bits per heavy atom. The number of halogens is 3. The van der Waals surface area contributed by atoms with Gasteiger partial charge >= 0.3 is 6.18 Å². The summed E-state index contributed by atoms with van der Waals surface area (Å²) in [6, 6.07) is 28.0. The highest BCUT2D eigenvalue weighted by Gasteiger charge is 2.56. The van der Waals surface area contributed by atoms with E-state index in [1.807, 2.05) is 78.9 Å². The van der Waals surface area contributed by atoms with E-state index in [1.54, 1.807) is 12.1 Å². The van der Waals surface area contributed by atoms with Gasteiger partial charge in [0, 0.05) is 18.0 Å². The molecule has 3 aromatic rings. The fraction of sp³-hybridized carbons (Fsp3) is 0.280. The number of hydrazine groups is 1. The molecule has 3 atom stereocenters. The van der Waals surface area contributed by atoms with Crippen molar-refractivity contribution in [2.45, 2.75) is 24.7 Å². The number of piperidine rings is 1. The second-order valence-electron chi connectivity index (χ2n) is 7.99. The molecule has 1 aliphatic heterocycles. The summed E-state index contributed by atoms with van der Waals surface area (Å²) >= 11 is 0. The number of nitrogens with zero attached hydrogens (tertiary/aromatic N) is 1. The molecule has 31 heavy (non-hydrogen) atoms. The molecule has 3 aromatic carbocycles. The average molecular weight is 426 g/mol. The molecule has 3 nitrogen and oxygen atoms in total. The molecule has 0 saturated carbocycles. The Morgan fingerprint density at radius 3 is 2.00 bits per heavy atom. The summed E-state index contributed by atoms with van der Waals surface area (Å²) in [5.74, 6) is 4.94. The molecule has 0 spiro atoms. The zero-order valence-corrected chi connectivity index (χ0v) is 17.0. The first-order valence-electron chi connectivity index (χ1n) is 10.3. The Hall–Kier alpha value is -2.83. The smallest absolute Gasteiger partial charge is 0.393 e. The summed E-state index contributed by atoms with van der Waals surface area (Å²) in [5, 5.41) is 1.25. The van der Waals surface area contributed by atoms with E-state index in [9.17, 15) is 13.2 Å². The van der Waals surface area contributed by atoms with E-state index in [1.165, 1.54) is 5.01 Å². The second kappa shape index (κ2) is 8.73. The topological polar surface area (TPSA) is 38.5 Å². The minimum absolute atomic E-state index is 0.0756. The molecule has 0 bridgehead atoms. The first-order valence-corrected chi connectivity index (χ1v) is 10.3. The lowest BCUT2D eigenvalue weighted by molar-refractivity contribution is -0.241. The van der Waals surface area contributed by atoms with Gasteiger partial charge in [-0.3, -0.25) is 5.84 Å². The van der Waals surface area contributed by atoms with Gasteiger partial charge in [0.1, 0.15) is 5.75 Å². The van der Waals surface area contributed by atoms with E-state index < -0.39 is 23.7 Å². The van der Waals surface area contributed by atoms with Crippen molar-refractivity contribution in [1.29, 1.82) is 0 Å². The van der Waals surface area contributed by atoms with Crippen LogP contribution in [0.1, 0.15) is 17.5 Å². The van der Waals surface area contributed by atoms with Crippen LogP contribution >= 0.6 is 0 Å². The molecular formula is C25H25F3N2O. The van der Waals surface area contributed by atoms with Gasteiger partial charge in [-0.25, -0.2) is 5.01 Å². The summed E-state index contributed by atoms with van der Waals surface area (Å²) in [6.07, 6.45) is -4.00. The quantitative estimate of drug-likeness (QED) is 0.545. The monoisotopic (exact) mass is 426 g/mol. The van der Waals surface area contributed by atoms with Crippen LogP contribution in [-0.4, -0.2) is 17.7 Å². The van der Waals surface area contributed by atoms with Crippen molar-refractivity contribution in [2.24, 2.45) is 17.7 Å². The van der Waals surface area contributed by atoms with Gasteiger partial charge < -0.3 is 4.74 Å².